The fourth-order valence-corrected chi connectivity index (χ4v) is 3.84. The molecule has 0 aromatic heterocycles. The van der Waals surface area contributed by atoms with Gasteiger partial charge in [0.25, 0.3) is 0 Å². The molecule has 1 saturated heterocycles. The SMILES string of the molecule is Cc1cccc(C)c1NC(=O)C[C@@H]1S/C(=N/N=Cc2ccc(Br)cc2)NC1=O. The summed E-state index contributed by atoms with van der Waals surface area (Å²) in [5.74, 6) is -0.441. The van der Waals surface area contributed by atoms with E-state index in [0.29, 0.717) is 5.17 Å². The van der Waals surface area contributed by atoms with E-state index in [0.717, 1.165) is 26.9 Å². The normalized spacial score (nSPS) is 17.9. The zero-order valence-electron chi connectivity index (χ0n) is 15.4. The van der Waals surface area contributed by atoms with Gasteiger partial charge >= 0.3 is 0 Å². The van der Waals surface area contributed by atoms with Crippen LogP contribution in [0.2, 0.25) is 0 Å². The van der Waals surface area contributed by atoms with E-state index in [1.165, 1.54) is 11.8 Å². The van der Waals surface area contributed by atoms with Gasteiger partial charge in [0, 0.05) is 16.6 Å². The lowest BCUT2D eigenvalue weighted by atomic mass is 10.1. The summed E-state index contributed by atoms with van der Waals surface area (Å²) in [5, 5.41) is 13.5. The van der Waals surface area contributed by atoms with Gasteiger partial charge in [0.1, 0.15) is 5.25 Å². The van der Waals surface area contributed by atoms with E-state index >= 15 is 0 Å². The number of nitrogens with one attached hydrogen (secondary N) is 2. The Labute approximate surface area is 176 Å². The van der Waals surface area contributed by atoms with Gasteiger partial charge in [-0.05, 0) is 42.7 Å². The predicted octanol–water partition coefficient (Wildman–Crippen LogP) is 4.02. The van der Waals surface area contributed by atoms with E-state index in [2.05, 4.69) is 36.8 Å². The number of aryl methyl sites for hydroxylation is 2. The van der Waals surface area contributed by atoms with Crippen LogP contribution in [0.15, 0.2) is 57.1 Å². The number of amides is 2. The number of amidine groups is 1. The van der Waals surface area contributed by atoms with Gasteiger partial charge in [-0.25, -0.2) is 0 Å². The van der Waals surface area contributed by atoms with E-state index in [1.807, 2.05) is 56.3 Å². The second kappa shape index (κ2) is 9.16. The van der Waals surface area contributed by atoms with E-state index in [9.17, 15) is 9.59 Å². The Morgan fingerprint density at radius 3 is 2.57 bits per heavy atom. The molecular weight excluding hydrogens is 440 g/mol. The molecule has 2 aromatic carbocycles. The average molecular weight is 459 g/mol. The molecule has 8 heteroatoms. The largest absolute Gasteiger partial charge is 0.326 e. The van der Waals surface area contributed by atoms with Crippen LogP contribution in [0.5, 0.6) is 0 Å². The highest BCUT2D eigenvalue weighted by atomic mass is 79.9. The molecule has 1 fully saturated rings. The first kappa shape index (κ1) is 20.3. The molecule has 6 nitrogen and oxygen atoms in total. The van der Waals surface area contributed by atoms with Gasteiger partial charge in [-0.2, -0.15) is 5.10 Å². The summed E-state index contributed by atoms with van der Waals surface area (Å²) >= 11 is 4.58. The topological polar surface area (TPSA) is 82.9 Å². The predicted molar refractivity (Wildman–Crippen MR) is 118 cm³/mol. The molecule has 1 heterocycles. The van der Waals surface area contributed by atoms with E-state index in [1.54, 1.807) is 6.21 Å². The first-order chi connectivity index (χ1) is 13.4. The Bertz CT molecular complexity index is 937. The molecular formula is C20H19BrN4O2S. The van der Waals surface area contributed by atoms with Crippen LogP contribution in [0.1, 0.15) is 23.1 Å². The van der Waals surface area contributed by atoms with Crippen LogP contribution in [-0.2, 0) is 9.59 Å². The molecule has 1 atom stereocenters. The number of hydrogen-bond donors (Lipinski definition) is 2. The fraction of sp³-hybridized carbons (Fsp3) is 0.200. The van der Waals surface area contributed by atoms with Crippen LogP contribution in [0, 0.1) is 13.8 Å². The monoisotopic (exact) mass is 458 g/mol. The van der Waals surface area contributed by atoms with Crippen molar-refractivity contribution in [2.24, 2.45) is 10.2 Å². The van der Waals surface area contributed by atoms with Crippen LogP contribution < -0.4 is 10.6 Å². The van der Waals surface area contributed by atoms with Crippen LogP contribution in [0.25, 0.3) is 0 Å². The molecule has 2 amide bonds. The number of nitrogens with zero attached hydrogens (tertiary/aromatic N) is 2. The smallest absolute Gasteiger partial charge is 0.240 e. The molecule has 1 aliphatic heterocycles. The molecule has 0 radical (unpaired) electrons. The van der Waals surface area contributed by atoms with E-state index in [-0.39, 0.29) is 18.2 Å². The number of anilines is 1. The number of benzene rings is 2. The van der Waals surface area contributed by atoms with Crippen LogP contribution in [0.4, 0.5) is 5.69 Å². The highest BCUT2D eigenvalue weighted by Gasteiger charge is 2.32. The van der Waals surface area contributed by atoms with Gasteiger partial charge in [-0.15, -0.1) is 5.10 Å². The van der Waals surface area contributed by atoms with Crippen molar-refractivity contribution in [3.05, 3.63) is 63.6 Å². The van der Waals surface area contributed by atoms with Crippen molar-refractivity contribution in [2.45, 2.75) is 25.5 Å². The van der Waals surface area contributed by atoms with Crippen molar-refractivity contribution in [1.29, 1.82) is 0 Å². The number of carbonyl (C=O) groups is 2. The lowest BCUT2D eigenvalue weighted by Gasteiger charge is -2.12. The minimum Gasteiger partial charge on any atom is -0.326 e. The molecule has 0 spiro atoms. The Morgan fingerprint density at radius 1 is 1.21 bits per heavy atom. The quantitative estimate of drug-likeness (QED) is 0.524. The highest BCUT2D eigenvalue weighted by molar-refractivity contribution is 9.10. The molecule has 0 saturated carbocycles. The minimum absolute atomic E-state index is 0.0692. The number of hydrogen-bond acceptors (Lipinski definition) is 5. The molecule has 3 rings (SSSR count). The molecule has 2 N–H and O–H groups in total. The highest BCUT2D eigenvalue weighted by Crippen LogP contribution is 2.24. The third-order valence-corrected chi connectivity index (χ3v) is 5.72. The molecule has 0 bridgehead atoms. The molecule has 0 aliphatic carbocycles. The number of para-hydroxylation sites is 1. The third-order valence-electron chi connectivity index (χ3n) is 4.12. The van der Waals surface area contributed by atoms with Crippen molar-refractivity contribution < 1.29 is 9.59 Å². The van der Waals surface area contributed by atoms with Gasteiger partial charge in [0.05, 0.1) is 6.21 Å². The lowest BCUT2D eigenvalue weighted by Crippen LogP contribution is -2.28. The Balaban J connectivity index is 1.58. The molecule has 2 aromatic rings. The van der Waals surface area contributed by atoms with Crippen molar-refractivity contribution in [1.82, 2.24) is 5.32 Å². The summed E-state index contributed by atoms with van der Waals surface area (Å²) in [7, 11) is 0. The summed E-state index contributed by atoms with van der Waals surface area (Å²) in [6, 6.07) is 13.4. The van der Waals surface area contributed by atoms with Gasteiger partial charge in [0.15, 0.2) is 5.17 Å². The minimum atomic E-state index is -0.522. The van der Waals surface area contributed by atoms with Gasteiger partial charge < -0.3 is 10.6 Å². The average Bonchev–Trinajstić information content (AvgIpc) is 2.99. The maximum Gasteiger partial charge on any atom is 0.240 e. The summed E-state index contributed by atoms with van der Waals surface area (Å²) in [6.45, 7) is 3.88. The Morgan fingerprint density at radius 2 is 1.89 bits per heavy atom. The van der Waals surface area contributed by atoms with Gasteiger partial charge in [-0.3, -0.25) is 9.59 Å². The summed E-state index contributed by atoms with van der Waals surface area (Å²) < 4.78 is 0.983. The number of thioether (sulfide) groups is 1. The van der Waals surface area contributed by atoms with Gasteiger partial charge in [0.2, 0.25) is 11.8 Å². The van der Waals surface area contributed by atoms with Crippen molar-refractivity contribution >= 4 is 56.6 Å². The summed E-state index contributed by atoms with van der Waals surface area (Å²) in [4.78, 5) is 24.5. The van der Waals surface area contributed by atoms with Crippen molar-refractivity contribution in [3.63, 3.8) is 0 Å². The molecule has 144 valence electrons. The zero-order chi connectivity index (χ0) is 20.1. The van der Waals surface area contributed by atoms with E-state index < -0.39 is 5.25 Å². The fourth-order valence-electron chi connectivity index (χ4n) is 2.65. The van der Waals surface area contributed by atoms with Crippen molar-refractivity contribution in [3.8, 4) is 0 Å². The molecule has 28 heavy (non-hydrogen) atoms. The second-order valence-corrected chi connectivity index (χ2v) is 8.42. The van der Waals surface area contributed by atoms with Gasteiger partial charge in [-0.1, -0.05) is 58.0 Å². The summed E-state index contributed by atoms with van der Waals surface area (Å²) in [5.41, 5.74) is 3.66. The standard InChI is InChI=1S/C20H19BrN4O2S/c1-12-4-3-5-13(2)18(12)23-17(26)10-16-19(27)24-20(28-16)25-22-11-14-6-8-15(21)9-7-14/h3-9,11,16H,10H2,1-2H3,(H,23,26)(H,24,25,27)/t16-/m0/s1. The van der Waals surface area contributed by atoms with E-state index in [4.69, 9.17) is 0 Å². The molecule has 0 unspecified atom stereocenters. The number of rotatable bonds is 5. The number of halogens is 1. The van der Waals surface area contributed by atoms with Crippen molar-refractivity contribution in [2.75, 3.05) is 5.32 Å². The Hall–Kier alpha value is -2.45. The first-order valence-electron chi connectivity index (χ1n) is 8.62. The maximum atomic E-state index is 12.4. The first-order valence-corrected chi connectivity index (χ1v) is 10.3. The Kier molecular flexibility index (Phi) is 6.64. The third kappa shape index (κ3) is 5.30. The maximum absolute atomic E-state index is 12.4. The van der Waals surface area contributed by atoms with Crippen LogP contribution in [0.3, 0.4) is 0 Å². The van der Waals surface area contributed by atoms with Crippen LogP contribution in [-0.4, -0.2) is 28.4 Å². The lowest BCUT2D eigenvalue weighted by molar-refractivity contribution is -0.122. The number of carbonyl (C=O) groups excluding carboxylic acids is 2. The zero-order valence-corrected chi connectivity index (χ0v) is 17.8. The second-order valence-electron chi connectivity index (χ2n) is 6.32. The van der Waals surface area contributed by atoms with Crippen LogP contribution >= 0.6 is 27.7 Å². The summed E-state index contributed by atoms with van der Waals surface area (Å²) in [6.07, 6.45) is 1.67. The molecule has 1 aliphatic rings.